The second-order valence-corrected chi connectivity index (χ2v) is 7.52. The second-order valence-electron chi connectivity index (χ2n) is 5.79. The molecule has 6 nitrogen and oxygen atoms in total. The van der Waals surface area contributed by atoms with Gasteiger partial charge >= 0.3 is 0 Å². The van der Waals surface area contributed by atoms with Gasteiger partial charge in [-0.1, -0.05) is 13.3 Å². The minimum atomic E-state index is -3.75. The Morgan fingerprint density at radius 1 is 1.48 bits per heavy atom. The fourth-order valence-electron chi connectivity index (χ4n) is 2.74. The molecule has 0 unspecified atom stereocenters. The molecule has 0 bridgehead atoms. The number of aromatic nitrogens is 1. The molecule has 7 heteroatoms. The summed E-state index contributed by atoms with van der Waals surface area (Å²) in [6.07, 6.45) is 5.66. The molecule has 1 heterocycles. The fourth-order valence-corrected chi connectivity index (χ4v) is 3.94. The fraction of sp³-hybridized carbons (Fsp3) is 0.643. The first-order chi connectivity index (χ1) is 9.86. The Morgan fingerprint density at radius 2 is 2.14 bits per heavy atom. The Balaban J connectivity index is 2.01. The number of hydrogen-bond acceptors (Lipinski definition) is 5. The van der Waals surface area contributed by atoms with E-state index in [1.165, 1.54) is 18.3 Å². The van der Waals surface area contributed by atoms with Gasteiger partial charge in [-0.25, -0.2) is 18.1 Å². The van der Waals surface area contributed by atoms with E-state index in [4.69, 9.17) is 5.73 Å². The Hall–Kier alpha value is -1.18. The number of nitrogens with two attached hydrogens (primary N) is 1. The van der Waals surface area contributed by atoms with Crippen LogP contribution in [0.3, 0.4) is 0 Å². The summed E-state index contributed by atoms with van der Waals surface area (Å²) >= 11 is 0. The maximum atomic E-state index is 12.2. The van der Waals surface area contributed by atoms with Gasteiger partial charge in [0.15, 0.2) is 0 Å². The van der Waals surface area contributed by atoms with Crippen molar-refractivity contribution in [3.8, 4) is 0 Å². The van der Waals surface area contributed by atoms with Crippen molar-refractivity contribution in [1.29, 1.82) is 0 Å². The first-order valence-electron chi connectivity index (χ1n) is 7.29. The lowest BCUT2D eigenvalue weighted by atomic mass is 9.78. The number of nitrogens with one attached hydrogen (secondary N) is 1. The molecule has 1 saturated carbocycles. The summed E-state index contributed by atoms with van der Waals surface area (Å²) in [5.74, 6) is 0.600. The summed E-state index contributed by atoms with van der Waals surface area (Å²) in [5.41, 5.74) is 4.63. The lowest BCUT2D eigenvalue weighted by molar-refractivity contribution is -0.00442. The van der Waals surface area contributed by atoms with Crippen molar-refractivity contribution in [3.63, 3.8) is 0 Å². The molecule has 0 aromatic carbocycles. The summed E-state index contributed by atoms with van der Waals surface area (Å²) in [4.78, 5) is 3.73. The van der Waals surface area contributed by atoms with Crippen molar-refractivity contribution >= 4 is 15.8 Å². The number of rotatable bonds is 5. The zero-order valence-electron chi connectivity index (χ0n) is 12.2. The van der Waals surface area contributed by atoms with Crippen molar-refractivity contribution in [2.75, 3.05) is 12.3 Å². The third-order valence-corrected chi connectivity index (χ3v) is 5.74. The predicted octanol–water partition coefficient (Wildman–Crippen LogP) is 1.27. The van der Waals surface area contributed by atoms with Crippen LogP contribution in [0.4, 0.5) is 5.82 Å². The lowest BCUT2D eigenvalue weighted by Gasteiger charge is -2.35. The summed E-state index contributed by atoms with van der Waals surface area (Å²) in [7, 11) is -3.75. The maximum Gasteiger partial charge on any atom is 0.244 e. The minimum Gasteiger partial charge on any atom is -0.389 e. The highest BCUT2D eigenvalue weighted by Gasteiger charge is 2.34. The van der Waals surface area contributed by atoms with Gasteiger partial charge < -0.3 is 10.8 Å². The van der Waals surface area contributed by atoms with Crippen LogP contribution < -0.4 is 10.5 Å². The molecule has 1 aliphatic rings. The van der Waals surface area contributed by atoms with Gasteiger partial charge in [0.2, 0.25) is 10.0 Å². The molecule has 2 rings (SSSR count). The Kier molecular flexibility index (Phi) is 4.85. The summed E-state index contributed by atoms with van der Waals surface area (Å²) in [6.45, 7) is 2.16. The van der Waals surface area contributed by atoms with Gasteiger partial charge in [-0.2, -0.15) is 0 Å². The monoisotopic (exact) mass is 313 g/mol. The highest BCUT2D eigenvalue weighted by Crippen LogP contribution is 2.33. The molecule has 0 atom stereocenters. The average Bonchev–Trinajstić information content (AvgIpc) is 2.47. The third kappa shape index (κ3) is 3.93. The van der Waals surface area contributed by atoms with Crippen molar-refractivity contribution in [3.05, 3.63) is 18.3 Å². The average molecular weight is 313 g/mol. The topological polar surface area (TPSA) is 105 Å². The number of nitrogen functional groups attached to an aromatic ring is 1. The zero-order valence-corrected chi connectivity index (χ0v) is 13.1. The van der Waals surface area contributed by atoms with E-state index >= 15 is 0 Å². The molecular weight excluding hydrogens is 290 g/mol. The largest absolute Gasteiger partial charge is 0.389 e. The van der Waals surface area contributed by atoms with E-state index in [1.54, 1.807) is 0 Å². The molecular formula is C14H23N3O3S. The van der Waals surface area contributed by atoms with E-state index in [1.807, 2.05) is 0 Å². The van der Waals surface area contributed by atoms with E-state index in [0.717, 1.165) is 19.3 Å². The van der Waals surface area contributed by atoms with Crippen LogP contribution in [-0.4, -0.2) is 30.7 Å². The van der Waals surface area contributed by atoms with E-state index in [9.17, 15) is 13.5 Å². The van der Waals surface area contributed by atoms with Crippen molar-refractivity contribution in [2.24, 2.45) is 5.92 Å². The van der Waals surface area contributed by atoms with Crippen LogP contribution in [0.15, 0.2) is 23.2 Å². The van der Waals surface area contributed by atoms with E-state index in [0.29, 0.717) is 18.8 Å². The molecule has 0 aliphatic heterocycles. The van der Waals surface area contributed by atoms with Gasteiger partial charge in [0.25, 0.3) is 0 Å². The molecule has 0 radical (unpaired) electrons. The highest BCUT2D eigenvalue weighted by molar-refractivity contribution is 7.89. The van der Waals surface area contributed by atoms with Crippen LogP contribution in [-0.2, 0) is 10.0 Å². The highest BCUT2D eigenvalue weighted by atomic mass is 32.2. The van der Waals surface area contributed by atoms with Crippen molar-refractivity contribution < 1.29 is 13.5 Å². The van der Waals surface area contributed by atoms with Crippen LogP contribution in [0.2, 0.25) is 0 Å². The SMILES string of the molecule is CCC1CCC(O)(CNS(=O)(=O)c2cccnc2N)CC1. The normalized spacial score (nSPS) is 26.7. The quantitative estimate of drug-likeness (QED) is 0.759. The predicted molar refractivity (Wildman–Crippen MR) is 81.0 cm³/mol. The number of hydrogen-bond donors (Lipinski definition) is 3. The molecule has 4 N–H and O–H groups in total. The van der Waals surface area contributed by atoms with E-state index < -0.39 is 15.6 Å². The molecule has 1 aromatic rings. The third-order valence-electron chi connectivity index (χ3n) is 4.29. The molecule has 21 heavy (non-hydrogen) atoms. The molecule has 0 amide bonds. The van der Waals surface area contributed by atoms with E-state index in [2.05, 4.69) is 16.6 Å². The molecule has 1 fully saturated rings. The first kappa shape index (κ1) is 16.2. The molecule has 118 valence electrons. The number of aliphatic hydroxyl groups is 1. The van der Waals surface area contributed by atoms with Gasteiger partial charge in [-0.3, -0.25) is 0 Å². The van der Waals surface area contributed by atoms with Gasteiger partial charge in [-0.15, -0.1) is 0 Å². The van der Waals surface area contributed by atoms with Crippen LogP contribution in [0.5, 0.6) is 0 Å². The number of anilines is 1. The number of pyridine rings is 1. The summed E-state index contributed by atoms with van der Waals surface area (Å²) < 4.78 is 26.9. The first-order valence-corrected chi connectivity index (χ1v) is 8.77. The molecule has 1 aromatic heterocycles. The summed E-state index contributed by atoms with van der Waals surface area (Å²) in [5, 5.41) is 10.5. The molecule has 0 saturated heterocycles. The van der Waals surface area contributed by atoms with Gasteiger partial charge in [0.05, 0.1) is 5.60 Å². The minimum absolute atomic E-state index is 0.0140. The number of sulfonamides is 1. The standard InChI is InChI=1S/C14H23N3O3S/c1-2-11-5-7-14(18,8-6-11)10-17-21(19,20)12-4-3-9-16-13(12)15/h3-4,9,11,17-18H,2,5-8,10H2,1H3,(H2,15,16). The maximum absolute atomic E-state index is 12.2. The van der Waals surface area contributed by atoms with Gasteiger partial charge in [0, 0.05) is 12.7 Å². The smallest absolute Gasteiger partial charge is 0.244 e. The van der Waals surface area contributed by atoms with Crippen LogP contribution >= 0.6 is 0 Å². The van der Waals surface area contributed by atoms with Crippen molar-refractivity contribution in [1.82, 2.24) is 9.71 Å². The van der Waals surface area contributed by atoms with Crippen LogP contribution in [0, 0.1) is 5.92 Å². The van der Waals surface area contributed by atoms with Gasteiger partial charge in [0.1, 0.15) is 10.7 Å². The molecule has 1 aliphatic carbocycles. The van der Waals surface area contributed by atoms with Crippen LogP contribution in [0.1, 0.15) is 39.0 Å². The summed E-state index contributed by atoms with van der Waals surface area (Å²) in [6, 6.07) is 2.93. The zero-order chi connectivity index (χ0) is 15.5. The number of nitrogens with zero attached hydrogens (tertiary/aromatic N) is 1. The second kappa shape index (κ2) is 6.29. The lowest BCUT2D eigenvalue weighted by Crippen LogP contribution is -2.45. The van der Waals surface area contributed by atoms with Crippen molar-refractivity contribution in [2.45, 2.75) is 49.5 Å². The Morgan fingerprint density at radius 3 is 2.71 bits per heavy atom. The van der Waals surface area contributed by atoms with Crippen LogP contribution in [0.25, 0.3) is 0 Å². The Bertz CT molecular complexity index is 581. The molecule has 0 spiro atoms. The Labute approximate surface area is 125 Å². The van der Waals surface area contributed by atoms with E-state index in [-0.39, 0.29) is 17.3 Å². The van der Waals surface area contributed by atoms with Gasteiger partial charge in [-0.05, 0) is 43.7 Å².